The zero-order chi connectivity index (χ0) is 16.1. The minimum Gasteiger partial charge on any atom is -0.458 e. The average Bonchev–Trinajstić information content (AvgIpc) is 2.48. The highest BCUT2D eigenvalue weighted by Gasteiger charge is 2.16. The Morgan fingerprint density at radius 3 is 2.59 bits per heavy atom. The number of ether oxygens (including phenoxy) is 1. The van der Waals surface area contributed by atoms with Gasteiger partial charge in [-0.2, -0.15) is 5.26 Å². The second-order valence-corrected chi connectivity index (χ2v) is 5.11. The highest BCUT2D eigenvalue weighted by molar-refractivity contribution is 5.90. The maximum atomic E-state index is 12.9. The highest BCUT2D eigenvalue weighted by atomic mass is 19.1. The number of nitriles is 1. The molecule has 0 saturated carbocycles. The topological polar surface area (TPSA) is 63.0 Å². The van der Waals surface area contributed by atoms with Gasteiger partial charge in [0.15, 0.2) is 5.69 Å². The summed E-state index contributed by atoms with van der Waals surface area (Å²) in [4.78, 5) is 15.9. The largest absolute Gasteiger partial charge is 0.458 e. The van der Waals surface area contributed by atoms with Gasteiger partial charge in [-0.1, -0.05) is 12.1 Å². The molecular weight excluding hydrogens is 283 g/mol. The molecular formula is C17H15FN2O2. The third-order valence-electron chi connectivity index (χ3n) is 2.92. The Morgan fingerprint density at radius 1 is 1.32 bits per heavy atom. The monoisotopic (exact) mass is 298 g/mol. The van der Waals surface area contributed by atoms with Crippen molar-refractivity contribution in [3.05, 3.63) is 64.7 Å². The molecule has 4 nitrogen and oxygen atoms in total. The first kappa shape index (κ1) is 15.6. The number of aromatic nitrogens is 1. The number of carbonyl (C=O) groups is 1. The molecule has 0 unspecified atom stereocenters. The molecule has 112 valence electrons. The van der Waals surface area contributed by atoms with Crippen molar-refractivity contribution in [3.8, 4) is 6.07 Å². The summed E-state index contributed by atoms with van der Waals surface area (Å²) < 4.78 is 17.9. The van der Waals surface area contributed by atoms with Gasteiger partial charge in [-0.05, 0) is 49.6 Å². The van der Waals surface area contributed by atoms with Gasteiger partial charge in [0, 0.05) is 6.20 Å². The number of hydrogen-bond acceptors (Lipinski definition) is 4. The minimum atomic E-state index is -0.611. The van der Waals surface area contributed by atoms with Crippen LogP contribution in [0.4, 0.5) is 4.39 Å². The molecule has 0 aliphatic carbocycles. The van der Waals surface area contributed by atoms with Gasteiger partial charge in [0.25, 0.3) is 0 Å². The van der Waals surface area contributed by atoms with Crippen LogP contribution >= 0.6 is 0 Å². The van der Waals surface area contributed by atoms with Crippen molar-refractivity contribution in [1.82, 2.24) is 4.98 Å². The Kier molecular flexibility index (Phi) is 4.84. The number of rotatable bonds is 4. The zero-order valence-corrected chi connectivity index (χ0v) is 12.3. The molecule has 1 heterocycles. The van der Waals surface area contributed by atoms with E-state index in [2.05, 4.69) is 4.98 Å². The van der Waals surface area contributed by atoms with E-state index in [0.717, 1.165) is 11.1 Å². The Labute approximate surface area is 128 Å². The second kappa shape index (κ2) is 6.81. The molecule has 0 aliphatic rings. The Bertz CT molecular complexity index is 718. The molecule has 0 radical (unpaired) electrons. The van der Waals surface area contributed by atoms with Gasteiger partial charge in [-0.3, -0.25) is 0 Å². The molecule has 0 fully saturated rings. The van der Waals surface area contributed by atoms with Crippen LogP contribution in [0.15, 0.2) is 36.5 Å². The predicted octanol–water partition coefficient (Wildman–Crippen LogP) is 3.25. The normalized spacial score (nSPS) is 10.3. The van der Waals surface area contributed by atoms with Crippen LogP contribution in [0.25, 0.3) is 0 Å². The van der Waals surface area contributed by atoms with Crippen molar-refractivity contribution in [2.24, 2.45) is 0 Å². The Hall–Kier alpha value is -2.74. The standard InChI is InChI=1S/C17H15FN2O2/c1-11(2)22-17(21)16-14(9-19)8-13(10-20-16)7-12-3-5-15(18)6-4-12/h3-6,8,10-11H,7H2,1-2H3. The van der Waals surface area contributed by atoms with E-state index in [1.165, 1.54) is 18.3 Å². The fourth-order valence-corrected chi connectivity index (χ4v) is 1.96. The smallest absolute Gasteiger partial charge is 0.358 e. The van der Waals surface area contributed by atoms with Crippen LogP contribution in [0, 0.1) is 17.1 Å². The van der Waals surface area contributed by atoms with Crippen LogP contribution in [0.3, 0.4) is 0 Å². The minimum absolute atomic E-state index is 0.0130. The van der Waals surface area contributed by atoms with E-state index >= 15 is 0 Å². The first-order valence-corrected chi connectivity index (χ1v) is 6.84. The number of nitrogens with zero attached hydrogens (tertiary/aromatic N) is 2. The number of benzene rings is 1. The first-order valence-electron chi connectivity index (χ1n) is 6.84. The van der Waals surface area contributed by atoms with Crippen LogP contribution in [-0.2, 0) is 11.2 Å². The summed E-state index contributed by atoms with van der Waals surface area (Å²) in [5.41, 5.74) is 1.85. The first-order chi connectivity index (χ1) is 10.5. The van der Waals surface area contributed by atoms with Gasteiger partial charge in [-0.25, -0.2) is 14.2 Å². The second-order valence-electron chi connectivity index (χ2n) is 5.11. The van der Waals surface area contributed by atoms with E-state index in [-0.39, 0.29) is 23.2 Å². The number of hydrogen-bond donors (Lipinski definition) is 0. The van der Waals surface area contributed by atoms with Gasteiger partial charge in [0.1, 0.15) is 11.9 Å². The van der Waals surface area contributed by atoms with Gasteiger partial charge >= 0.3 is 5.97 Å². The number of esters is 1. The van der Waals surface area contributed by atoms with E-state index in [9.17, 15) is 14.4 Å². The lowest BCUT2D eigenvalue weighted by Crippen LogP contribution is -2.15. The molecule has 1 aromatic carbocycles. The van der Waals surface area contributed by atoms with Gasteiger partial charge in [0.05, 0.1) is 11.7 Å². The van der Waals surface area contributed by atoms with E-state index in [1.807, 2.05) is 6.07 Å². The summed E-state index contributed by atoms with van der Waals surface area (Å²) in [5, 5.41) is 9.18. The fourth-order valence-electron chi connectivity index (χ4n) is 1.96. The lowest BCUT2D eigenvalue weighted by Gasteiger charge is -2.09. The summed E-state index contributed by atoms with van der Waals surface area (Å²) in [6.07, 6.45) is 1.75. The van der Waals surface area contributed by atoms with E-state index in [4.69, 9.17) is 4.74 Å². The quantitative estimate of drug-likeness (QED) is 0.813. The average molecular weight is 298 g/mol. The third kappa shape index (κ3) is 3.89. The van der Waals surface area contributed by atoms with E-state index < -0.39 is 5.97 Å². The Balaban J connectivity index is 2.24. The third-order valence-corrected chi connectivity index (χ3v) is 2.92. The summed E-state index contributed by atoms with van der Waals surface area (Å²) in [5.74, 6) is -0.911. The number of pyridine rings is 1. The summed E-state index contributed by atoms with van der Waals surface area (Å²) >= 11 is 0. The molecule has 0 N–H and O–H groups in total. The number of halogens is 1. The molecule has 0 aliphatic heterocycles. The van der Waals surface area contributed by atoms with Crippen molar-refractivity contribution >= 4 is 5.97 Å². The SMILES string of the molecule is CC(C)OC(=O)c1ncc(Cc2ccc(F)cc2)cc1C#N. The number of carbonyl (C=O) groups excluding carboxylic acids is 1. The van der Waals surface area contributed by atoms with Gasteiger partial charge in [0.2, 0.25) is 0 Å². The molecule has 2 aromatic rings. The molecule has 5 heteroatoms. The highest BCUT2D eigenvalue weighted by Crippen LogP contribution is 2.14. The van der Waals surface area contributed by atoms with Gasteiger partial charge in [-0.15, -0.1) is 0 Å². The summed E-state index contributed by atoms with van der Waals surface area (Å²) in [6, 6.07) is 9.66. The van der Waals surface area contributed by atoms with Crippen molar-refractivity contribution in [3.63, 3.8) is 0 Å². The van der Waals surface area contributed by atoms with Crippen LogP contribution in [0.2, 0.25) is 0 Å². The molecule has 0 bridgehead atoms. The van der Waals surface area contributed by atoms with Crippen LogP contribution in [-0.4, -0.2) is 17.1 Å². The molecule has 0 atom stereocenters. The maximum Gasteiger partial charge on any atom is 0.358 e. The predicted molar refractivity (Wildman–Crippen MR) is 78.7 cm³/mol. The zero-order valence-electron chi connectivity index (χ0n) is 12.3. The lowest BCUT2D eigenvalue weighted by atomic mass is 10.0. The van der Waals surface area contributed by atoms with Crippen molar-refractivity contribution in [2.45, 2.75) is 26.4 Å². The molecule has 2 rings (SSSR count). The van der Waals surface area contributed by atoms with Crippen LogP contribution < -0.4 is 0 Å². The Morgan fingerprint density at radius 2 is 2.00 bits per heavy atom. The molecule has 22 heavy (non-hydrogen) atoms. The van der Waals surface area contributed by atoms with E-state index in [1.54, 1.807) is 32.0 Å². The maximum absolute atomic E-state index is 12.9. The van der Waals surface area contributed by atoms with Crippen LogP contribution in [0.1, 0.15) is 41.0 Å². The summed E-state index contributed by atoms with van der Waals surface area (Å²) in [6.45, 7) is 3.46. The molecule has 0 amide bonds. The lowest BCUT2D eigenvalue weighted by molar-refractivity contribution is 0.0370. The van der Waals surface area contributed by atoms with E-state index in [0.29, 0.717) is 6.42 Å². The molecule has 0 saturated heterocycles. The van der Waals surface area contributed by atoms with Crippen molar-refractivity contribution in [2.75, 3.05) is 0 Å². The van der Waals surface area contributed by atoms with Gasteiger partial charge < -0.3 is 4.74 Å². The van der Waals surface area contributed by atoms with Crippen LogP contribution in [0.5, 0.6) is 0 Å². The summed E-state index contributed by atoms with van der Waals surface area (Å²) in [7, 11) is 0. The fraction of sp³-hybridized carbons (Fsp3) is 0.235. The molecule has 0 spiro atoms. The molecule has 1 aromatic heterocycles. The van der Waals surface area contributed by atoms with Crippen molar-refractivity contribution in [1.29, 1.82) is 5.26 Å². The van der Waals surface area contributed by atoms with Crippen molar-refractivity contribution < 1.29 is 13.9 Å².